The minimum Gasteiger partial charge on any atom is -0.488 e. The first-order chi connectivity index (χ1) is 10.6. The van der Waals surface area contributed by atoms with Gasteiger partial charge in [-0.15, -0.1) is 0 Å². The lowest BCUT2D eigenvalue weighted by Crippen LogP contribution is -2.20. The van der Waals surface area contributed by atoms with Crippen LogP contribution >= 0.6 is 0 Å². The minimum absolute atomic E-state index is 0.254. The molecule has 0 saturated heterocycles. The standard InChI is InChI=1S/C16H18N4O2/c1-11-10-12(2)20(19-11)15-13(6-5-8-17-15)18-16(21)14-7-3-4-9-22-14/h5-8,10H,3-4,9H2,1-2H3,(H,18,21). The molecule has 1 aliphatic heterocycles. The molecule has 0 atom stereocenters. The maximum absolute atomic E-state index is 12.3. The van der Waals surface area contributed by atoms with Crippen LogP contribution in [-0.4, -0.2) is 27.3 Å². The Morgan fingerprint density at radius 3 is 2.95 bits per heavy atom. The largest absolute Gasteiger partial charge is 0.488 e. The number of anilines is 1. The van der Waals surface area contributed by atoms with Crippen LogP contribution in [0.25, 0.3) is 5.82 Å². The molecule has 0 fully saturated rings. The molecular formula is C16H18N4O2. The summed E-state index contributed by atoms with van der Waals surface area (Å²) in [6.07, 6.45) is 5.30. The van der Waals surface area contributed by atoms with Crippen molar-refractivity contribution in [2.75, 3.05) is 11.9 Å². The zero-order valence-electron chi connectivity index (χ0n) is 12.7. The van der Waals surface area contributed by atoms with Crippen molar-refractivity contribution in [1.82, 2.24) is 14.8 Å². The molecule has 0 radical (unpaired) electrons. The Bertz CT molecular complexity index is 733. The van der Waals surface area contributed by atoms with Crippen molar-refractivity contribution >= 4 is 11.6 Å². The lowest BCUT2D eigenvalue weighted by Gasteiger charge is -2.16. The number of amides is 1. The number of rotatable bonds is 3. The molecule has 0 spiro atoms. The lowest BCUT2D eigenvalue weighted by molar-refractivity contribution is -0.116. The molecule has 2 aromatic heterocycles. The van der Waals surface area contributed by atoms with Gasteiger partial charge in [-0.2, -0.15) is 5.10 Å². The smallest absolute Gasteiger partial charge is 0.290 e. The SMILES string of the molecule is Cc1cc(C)n(-c2ncccc2NC(=O)C2=CCCCO2)n1. The van der Waals surface area contributed by atoms with E-state index in [2.05, 4.69) is 15.4 Å². The van der Waals surface area contributed by atoms with Crippen LogP contribution in [0.15, 0.2) is 36.2 Å². The highest BCUT2D eigenvalue weighted by Crippen LogP contribution is 2.20. The van der Waals surface area contributed by atoms with Gasteiger partial charge in [0.05, 0.1) is 18.0 Å². The summed E-state index contributed by atoms with van der Waals surface area (Å²) in [5.74, 6) is 0.711. The number of allylic oxidation sites excluding steroid dienone is 1. The van der Waals surface area contributed by atoms with Crippen LogP contribution in [-0.2, 0) is 9.53 Å². The van der Waals surface area contributed by atoms with Crippen LogP contribution in [0.4, 0.5) is 5.69 Å². The number of hydrogen-bond acceptors (Lipinski definition) is 4. The molecule has 1 aliphatic rings. The Kier molecular flexibility index (Phi) is 3.91. The van der Waals surface area contributed by atoms with E-state index in [1.165, 1.54) is 0 Å². The van der Waals surface area contributed by atoms with Crippen LogP contribution in [0.3, 0.4) is 0 Å². The van der Waals surface area contributed by atoms with E-state index in [0.717, 1.165) is 24.2 Å². The number of aromatic nitrogens is 3. The fraction of sp³-hybridized carbons (Fsp3) is 0.312. The van der Waals surface area contributed by atoms with Crippen molar-refractivity contribution in [1.29, 1.82) is 0 Å². The average Bonchev–Trinajstić information content (AvgIpc) is 2.87. The van der Waals surface area contributed by atoms with E-state index < -0.39 is 0 Å². The number of carbonyl (C=O) groups excluding carboxylic acids is 1. The molecule has 1 N–H and O–H groups in total. The van der Waals surface area contributed by atoms with Gasteiger partial charge >= 0.3 is 0 Å². The van der Waals surface area contributed by atoms with E-state index >= 15 is 0 Å². The summed E-state index contributed by atoms with van der Waals surface area (Å²) in [6, 6.07) is 5.55. The Morgan fingerprint density at radius 1 is 1.41 bits per heavy atom. The summed E-state index contributed by atoms with van der Waals surface area (Å²) >= 11 is 0. The number of pyridine rings is 1. The number of ether oxygens (including phenoxy) is 1. The van der Waals surface area contributed by atoms with Crippen LogP contribution in [0.1, 0.15) is 24.2 Å². The number of hydrogen-bond donors (Lipinski definition) is 1. The van der Waals surface area contributed by atoms with Crippen molar-refractivity contribution in [2.24, 2.45) is 0 Å². The van der Waals surface area contributed by atoms with Gasteiger partial charge in [-0.05, 0) is 51.0 Å². The molecule has 114 valence electrons. The highest BCUT2D eigenvalue weighted by molar-refractivity contribution is 6.03. The molecule has 2 aromatic rings. The third kappa shape index (κ3) is 2.86. The van der Waals surface area contributed by atoms with E-state index in [9.17, 15) is 4.79 Å². The van der Waals surface area contributed by atoms with Crippen molar-refractivity contribution in [2.45, 2.75) is 26.7 Å². The predicted molar refractivity (Wildman–Crippen MR) is 82.7 cm³/mol. The van der Waals surface area contributed by atoms with E-state index in [1.54, 1.807) is 23.0 Å². The first kappa shape index (κ1) is 14.3. The lowest BCUT2D eigenvalue weighted by atomic mass is 10.2. The van der Waals surface area contributed by atoms with Crippen LogP contribution in [0, 0.1) is 13.8 Å². The van der Waals surface area contributed by atoms with Gasteiger partial charge in [0, 0.05) is 11.9 Å². The molecule has 0 saturated carbocycles. The summed E-state index contributed by atoms with van der Waals surface area (Å²) in [5.41, 5.74) is 2.47. The van der Waals surface area contributed by atoms with Crippen molar-refractivity contribution in [3.63, 3.8) is 0 Å². The minimum atomic E-state index is -0.254. The molecule has 0 bridgehead atoms. The zero-order chi connectivity index (χ0) is 15.5. The summed E-state index contributed by atoms with van der Waals surface area (Å²) in [7, 11) is 0. The second-order valence-electron chi connectivity index (χ2n) is 5.23. The van der Waals surface area contributed by atoms with Crippen molar-refractivity contribution < 1.29 is 9.53 Å². The Balaban J connectivity index is 1.90. The molecule has 6 nitrogen and oxygen atoms in total. The predicted octanol–water partition coefficient (Wildman–Crippen LogP) is 2.52. The van der Waals surface area contributed by atoms with Crippen LogP contribution in [0.5, 0.6) is 0 Å². The van der Waals surface area contributed by atoms with Gasteiger partial charge in [-0.1, -0.05) is 0 Å². The summed E-state index contributed by atoms with van der Waals surface area (Å²) in [6.45, 7) is 4.45. The zero-order valence-corrected chi connectivity index (χ0v) is 12.7. The summed E-state index contributed by atoms with van der Waals surface area (Å²) in [4.78, 5) is 16.6. The normalized spacial score (nSPS) is 14.2. The highest BCUT2D eigenvalue weighted by atomic mass is 16.5. The Hall–Kier alpha value is -2.63. The van der Waals surface area contributed by atoms with Gasteiger partial charge in [-0.25, -0.2) is 9.67 Å². The second-order valence-corrected chi connectivity index (χ2v) is 5.23. The Morgan fingerprint density at radius 2 is 2.27 bits per heavy atom. The third-order valence-corrected chi connectivity index (χ3v) is 3.40. The molecule has 0 aliphatic carbocycles. The first-order valence-corrected chi connectivity index (χ1v) is 7.28. The van der Waals surface area contributed by atoms with Crippen LogP contribution in [0.2, 0.25) is 0 Å². The molecule has 3 rings (SSSR count). The summed E-state index contributed by atoms with van der Waals surface area (Å²) < 4.78 is 7.11. The molecule has 0 unspecified atom stereocenters. The molecule has 3 heterocycles. The fourth-order valence-corrected chi connectivity index (χ4v) is 2.41. The molecule has 6 heteroatoms. The van der Waals surface area contributed by atoms with Crippen LogP contribution < -0.4 is 5.32 Å². The van der Waals surface area contributed by atoms with Crippen molar-refractivity contribution in [3.05, 3.63) is 47.6 Å². The van der Waals surface area contributed by atoms with Gasteiger partial charge in [0.1, 0.15) is 0 Å². The fourth-order valence-electron chi connectivity index (χ4n) is 2.41. The van der Waals surface area contributed by atoms with E-state index in [1.807, 2.05) is 26.0 Å². The Labute approximate surface area is 128 Å². The highest BCUT2D eigenvalue weighted by Gasteiger charge is 2.17. The quantitative estimate of drug-likeness (QED) is 0.945. The maximum atomic E-state index is 12.3. The van der Waals surface area contributed by atoms with E-state index in [4.69, 9.17) is 4.74 Å². The molecule has 0 aromatic carbocycles. The van der Waals surface area contributed by atoms with E-state index in [-0.39, 0.29) is 5.91 Å². The topological polar surface area (TPSA) is 69.0 Å². The molecule has 1 amide bonds. The number of carbonyl (C=O) groups is 1. The maximum Gasteiger partial charge on any atom is 0.290 e. The summed E-state index contributed by atoms with van der Waals surface area (Å²) in [5, 5.41) is 7.28. The number of aryl methyl sites for hydroxylation is 2. The first-order valence-electron chi connectivity index (χ1n) is 7.28. The van der Waals surface area contributed by atoms with Gasteiger partial charge in [0.15, 0.2) is 11.6 Å². The molecule has 22 heavy (non-hydrogen) atoms. The third-order valence-electron chi connectivity index (χ3n) is 3.40. The monoisotopic (exact) mass is 298 g/mol. The van der Waals surface area contributed by atoms with Gasteiger partial charge in [0.25, 0.3) is 5.91 Å². The number of nitrogens with zero attached hydrogens (tertiary/aromatic N) is 3. The van der Waals surface area contributed by atoms with Gasteiger partial charge < -0.3 is 10.1 Å². The average molecular weight is 298 g/mol. The number of nitrogens with one attached hydrogen (secondary N) is 1. The van der Waals surface area contributed by atoms with Gasteiger partial charge in [0.2, 0.25) is 0 Å². The second kappa shape index (κ2) is 6.01. The van der Waals surface area contributed by atoms with E-state index in [0.29, 0.717) is 23.9 Å². The van der Waals surface area contributed by atoms with Crippen molar-refractivity contribution in [3.8, 4) is 5.82 Å². The van der Waals surface area contributed by atoms with Gasteiger partial charge in [-0.3, -0.25) is 4.79 Å². The molecular weight excluding hydrogens is 280 g/mol.